The summed E-state index contributed by atoms with van der Waals surface area (Å²) in [5.74, 6) is -0.0511. The van der Waals surface area contributed by atoms with Crippen LogP contribution in [0.5, 0.6) is 0 Å². The minimum atomic E-state index is -0.292. The van der Waals surface area contributed by atoms with Crippen LogP contribution >= 0.6 is 23.4 Å². The summed E-state index contributed by atoms with van der Waals surface area (Å²) in [6, 6.07) is 5.34. The number of aromatic amines is 1. The van der Waals surface area contributed by atoms with Gasteiger partial charge >= 0.3 is 5.69 Å². The summed E-state index contributed by atoms with van der Waals surface area (Å²) < 4.78 is 6.48. The summed E-state index contributed by atoms with van der Waals surface area (Å²) in [6.07, 6.45) is 0.692. The normalized spacial score (nSPS) is 10.8. The molecule has 0 aliphatic rings. The van der Waals surface area contributed by atoms with Crippen LogP contribution in [-0.4, -0.2) is 40.1 Å². The molecule has 0 aliphatic carbocycles. The fraction of sp³-hybridized carbons (Fsp3) is 0.400. The Morgan fingerprint density at radius 2 is 2.29 bits per heavy atom. The van der Waals surface area contributed by atoms with E-state index in [-0.39, 0.29) is 17.3 Å². The van der Waals surface area contributed by atoms with Crippen molar-refractivity contribution in [3.8, 4) is 0 Å². The highest BCUT2D eigenvalue weighted by molar-refractivity contribution is 7.99. The van der Waals surface area contributed by atoms with E-state index in [2.05, 4.69) is 15.5 Å². The fourth-order valence-corrected chi connectivity index (χ4v) is 2.98. The average molecular weight is 371 g/mol. The number of nitrogens with one attached hydrogen (secondary N) is 2. The molecule has 1 amide bonds. The third-order valence-corrected chi connectivity index (χ3v) is 4.71. The number of rotatable bonds is 8. The summed E-state index contributed by atoms with van der Waals surface area (Å²) in [4.78, 5) is 23.8. The highest BCUT2D eigenvalue weighted by Gasteiger charge is 2.12. The second kappa shape index (κ2) is 8.91. The largest absolute Gasteiger partial charge is 0.385 e. The van der Waals surface area contributed by atoms with Crippen LogP contribution < -0.4 is 11.0 Å². The van der Waals surface area contributed by atoms with Crippen molar-refractivity contribution in [3.63, 3.8) is 0 Å². The number of thioether (sulfide) groups is 1. The van der Waals surface area contributed by atoms with Crippen LogP contribution in [0.15, 0.2) is 28.2 Å². The van der Waals surface area contributed by atoms with Gasteiger partial charge in [-0.2, -0.15) is 0 Å². The molecule has 0 saturated heterocycles. The number of carbonyl (C=O) groups excluding carboxylic acids is 1. The van der Waals surface area contributed by atoms with Gasteiger partial charge in [-0.15, -0.1) is 5.10 Å². The molecule has 0 bridgehead atoms. The fourth-order valence-electron chi connectivity index (χ4n) is 2.04. The molecule has 2 N–H and O–H groups in total. The quantitative estimate of drug-likeness (QED) is 0.549. The van der Waals surface area contributed by atoms with E-state index >= 15 is 0 Å². The van der Waals surface area contributed by atoms with Gasteiger partial charge < -0.3 is 10.1 Å². The van der Waals surface area contributed by atoms with Gasteiger partial charge in [0.2, 0.25) is 5.91 Å². The molecule has 130 valence electrons. The van der Waals surface area contributed by atoms with Crippen LogP contribution in [0, 0.1) is 6.92 Å². The number of H-pyrrole nitrogens is 1. The van der Waals surface area contributed by atoms with E-state index in [0.29, 0.717) is 35.4 Å². The second-order valence-corrected chi connectivity index (χ2v) is 6.41. The van der Waals surface area contributed by atoms with Gasteiger partial charge in [-0.25, -0.2) is 9.89 Å². The molecule has 7 nitrogen and oxygen atoms in total. The van der Waals surface area contributed by atoms with Crippen LogP contribution in [0.25, 0.3) is 0 Å². The number of halogens is 1. The average Bonchev–Trinajstić information content (AvgIpc) is 2.91. The Morgan fingerprint density at radius 3 is 3.04 bits per heavy atom. The van der Waals surface area contributed by atoms with Crippen molar-refractivity contribution in [2.24, 2.45) is 0 Å². The number of aromatic nitrogens is 3. The lowest BCUT2D eigenvalue weighted by Crippen LogP contribution is -2.19. The first-order valence-corrected chi connectivity index (χ1v) is 8.71. The molecule has 9 heteroatoms. The zero-order chi connectivity index (χ0) is 17.5. The van der Waals surface area contributed by atoms with Crippen molar-refractivity contribution in [1.29, 1.82) is 0 Å². The molecule has 0 spiro atoms. The first-order valence-electron chi connectivity index (χ1n) is 7.35. The Balaban J connectivity index is 1.94. The zero-order valence-electron chi connectivity index (χ0n) is 13.5. The van der Waals surface area contributed by atoms with E-state index in [9.17, 15) is 9.59 Å². The summed E-state index contributed by atoms with van der Waals surface area (Å²) in [5, 5.41) is 10.2. The number of carbonyl (C=O) groups is 1. The zero-order valence-corrected chi connectivity index (χ0v) is 15.0. The number of hydrogen-bond acceptors (Lipinski definition) is 5. The third-order valence-electron chi connectivity index (χ3n) is 3.33. The van der Waals surface area contributed by atoms with E-state index in [1.54, 1.807) is 25.3 Å². The molecule has 0 unspecified atom stereocenters. The maximum Gasteiger partial charge on any atom is 0.343 e. The molecule has 2 aromatic rings. The molecule has 0 saturated carbocycles. The predicted octanol–water partition coefficient (Wildman–Crippen LogP) is 2.30. The molecular weight excluding hydrogens is 352 g/mol. The highest BCUT2D eigenvalue weighted by atomic mass is 35.5. The lowest BCUT2D eigenvalue weighted by atomic mass is 10.2. The lowest BCUT2D eigenvalue weighted by Gasteiger charge is -2.09. The summed E-state index contributed by atoms with van der Waals surface area (Å²) in [5.41, 5.74) is 1.20. The Labute approximate surface area is 148 Å². The van der Waals surface area contributed by atoms with Crippen molar-refractivity contribution in [1.82, 2.24) is 14.8 Å². The third kappa shape index (κ3) is 4.86. The lowest BCUT2D eigenvalue weighted by molar-refractivity contribution is -0.113. The van der Waals surface area contributed by atoms with Gasteiger partial charge in [-0.05, 0) is 31.0 Å². The van der Waals surface area contributed by atoms with Crippen molar-refractivity contribution >= 4 is 35.0 Å². The van der Waals surface area contributed by atoms with Crippen molar-refractivity contribution in [2.45, 2.75) is 25.0 Å². The number of ether oxygens (including phenoxy) is 1. The highest BCUT2D eigenvalue weighted by Crippen LogP contribution is 2.23. The molecule has 1 aromatic carbocycles. The number of benzene rings is 1. The smallest absolute Gasteiger partial charge is 0.343 e. The molecule has 0 atom stereocenters. The minimum absolute atomic E-state index is 0.139. The Hall–Kier alpha value is -1.77. The van der Waals surface area contributed by atoms with E-state index in [4.69, 9.17) is 16.3 Å². The molecule has 0 fully saturated rings. The van der Waals surface area contributed by atoms with Crippen LogP contribution in [0.4, 0.5) is 5.69 Å². The van der Waals surface area contributed by atoms with Gasteiger partial charge in [-0.1, -0.05) is 29.4 Å². The summed E-state index contributed by atoms with van der Waals surface area (Å²) in [6.45, 7) is 2.88. The van der Waals surface area contributed by atoms with Crippen LogP contribution in [-0.2, 0) is 16.1 Å². The first kappa shape index (κ1) is 18.6. The molecule has 1 aromatic heterocycles. The Kier molecular flexibility index (Phi) is 6.89. The van der Waals surface area contributed by atoms with Gasteiger partial charge in [-0.3, -0.25) is 9.36 Å². The molecule has 0 radical (unpaired) electrons. The van der Waals surface area contributed by atoms with Gasteiger partial charge in [0.1, 0.15) is 0 Å². The number of methoxy groups -OCH3 is 1. The first-order chi connectivity index (χ1) is 11.5. The molecule has 0 aliphatic heterocycles. The van der Waals surface area contributed by atoms with Crippen LogP contribution in [0.3, 0.4) is 0 Å². The minimum Gasteiger partial charge on any atom is -0.385 e. The summed E-state index contributed by atoms with van der Waals surface area (Å²) in [7, 11) is 1.61. The molecule has 24 heavy (non-hydrogen) atoms. The van der Waals surface area contributed by atoms with Gasteiger partial charge in [0.05, 0.1) is 5.75 Å². The number of amides is 1. The van der Waals surface area contributed by atoms with E-state index in [0.717, 1.165) is 5.56 Å². The molecule has 1 heterocycles. The number of hydrogen-bond donors (Lipinski definition) is 2. The number of anilines is 1. The van der Waals surface area contributed by atoms with Crippen molar-refractivity contribution in [3.05, 3.63) is 39.3 Å². The van der Waals surface area contributed by atoms with Crippen LogP contribution in [0.2, 0.25) is 5.02 Å². The van der Waals surface area contributed by atoms with Gasteiger partial charge in [0.25, 0.3) is 0 Å². The Bertz CT molecular complexity index is 759. The molecular formula is C15H19ClN4O3S. The predicted molar refractivity (Wildman–Crippen MR) is 94.9 cm³/mol. The topological polar surface area (TPSA) is 89.0 Å². The Morgan fingerprint density at radius 1 is 1.50 bits per heavy atom. The standard InChI is InChI=1S/C15H19ClN4O3S/c1-10-11(16)5-3-6-12(10)17-13(21)9-24-15-19-18-14(22)20(15)7-4-8-23-2/h3,5-6H,4,7-9H2,1-2H3,(H,17,21)(H,18,22). The monoisotopic (exact) mass is 370 g/mol. The van der Waals surface area contributed by atoms with E-state index in [1.807, 2.05) is 6.92 Å². The van der Waals surface area contributed by atoms with E-state index < -0.39 is 0 Å². The van der Waals surface area contributed by atoms with Gasteiger partial charge in [0.15, 0.2) is 5.16 Å². The van der Waals surface area contributed by atoms with Crippen molar-refractivity contribution < 1.29 is 9.53 Å². The van der Waals surface area contributed by atoms with E-state index in [1.165, 1.54) is 16.3 Å². The maximum absolute atomic E-state index is 12.1. The molecule has 2 rings (SSSR count). The van der Waals surface area contributed by atoms with Crippen LogP contribution in [0.1, 0.15) is 12.0 Å². The summed E-state index contributed by atoms with van der Waals surface area (Å²) >= 11 is 7.23. The van der Waals surface area contributed by atoms with Crippen molar-refractivity contribution in [2.75, 3.05) is 24.8 Å². The van der Waals surface area contributed by atoms with Gasteiger partial charge in [0, 0.05) is 31.0 Å². The second-order valence-electron chi connectivity index (χ2n) is 5.06. The number of nitrogens with zero attached hydrogens (tertiary/aromatic N) is 2. The maximum atomic E-state index is 12.1. The SMILES string of the molecule is COCCCn1c(SCC(=O)Nc2cccc(Cl)c2C)n[nH]c1=O.